The van der Waals surface area contributed by atoms with Crippen LogP contribution in [0.2, 0.25) is 0 Å². The Morgan fingerprint density at radius 1 is 1.60 bits per heavy atom. The minimum atomic E-state index is 0.188. The van der Waals surface area contributed by atoms with Crippen LogP contribution in [-0.4, -0.2) is 29.2 Å². The number of carbonyl (C=O) groups is 1. The second kappa shape index (κ2) is 6.67. The summed E-state index contributed by atoms with van der Waals surface area (Å²) in [5.41, 5.74) is 0. The molecule has 0 aliphatic rings. The average Bonchev–Trinajstić information content (AvgIpc) is 2.75. The molecule has 15 heavy (non-hydrogen) atoms. The molecule has 0 spiro atoms. The van der Waals surface area contributed by atoms with Crippen molar-refractivity contribution in [1.82, 2.24) is 4.90 Å². The highest BCUT2D eigenvalue weighted by atomic mass is 79.9. The third-order valence-corrected chi connectivity index (χ3v) is 2.61. The molecule has 84 valence electrons. The quantitative estimate of drug-likeness (QED) is 0.746. The van der Waals surface area contributed by atoms with E-state index in [0.29, 0.717) is 12.8 Å². The molecule has 3 nitrogen and oxygen atoms in total. The minimum absolute atomic E-state index is 0.188. The fraction of sp³-hybridized carbons (Fsp3) is 0.545. The average molecular weight is 274 g/mol. The number of hydrogen-bond acceptors (Lipinski definition) is 2. The van der Waals surface area contributed by atoms with Crippen LogP contribution < -0.4 is 0 Å². The molecule has 0 saturated heterocycles. The van der Waals surface area contributed by atoms with E-state index in [9.17, 15) is 4.79 Å². The maximum atomic E-state index is 11.7. The molecule has 1 heterocycles. The van der Waals surface area contributed by atoms with Crippen molar-refractivity contribution in [2.45, 2.75) is 19.8 Å². The topological polar surface area (TPSA) is 33.5 Å². The maximum absolute atomic E-state index is 11.7. The highest BCUT2D eigenvalue weighted by Gasteiger charge is 2.11. The van der Waals surface area contributed by atoms with Crippen LogP contribution in [0.1, 0.15) is 19.1 Å². The molecule has 0 radical (unpaired) electrons. The summed E-state index contributed by atoms with van der Waals surface area (Å²) in [6.45, 7) is 3.53. The van der Waals surface area contributed by atoms with Gasteiger partial charge in [-0.3, -0.25) is 4.79 Å². The van der Waals surface area contributed by atoms with E-state index in [0.717, 1.165) is 24.2 Å². The smallest absolute Gasteiger partial charge is 0.223 e. The molecule has 0 aromatic carbocycles. The normalized spacial score (nSPS) is 10.3. The molecule has 0 atom stereocenters. The second-order valence-corrected chi connectivity index (χ2v) is 4.03. The number of furan rings is 1. The number of hydrogen-bond donors (Lipinski definition) is 0. The Morgan fingerprint density at radius 3 is 2.93 bits per heavy atom. The van der Waals surface area contributed by atoms with Crippen LogP contribution in [0.3, 0.4) is 0 Å². The van der Waals surface area contributed by atoms with Crippen molar-refractivity contribution in [3.63, 3.8) is 0 Å². The van der Waals surface area contributed by atoms with Crippen LogP contribution in [0, 0.1) is 0 Å². The van der Waals surface area contributed by atoms with Crippen LogP contribution in [0.15, 0.2) is 22.8 Å². The van der Waals surface area contributed by atoms with Gasteiger partial charge in [-0.15, -0.1) is 0 Å². The fourth-order valence-corrected chi connectivity index (χ4v) is 1.83. The van der Waals surface area contributed by atoms with Crippen molar-refractivity contribution in [3.05, 3.63) is 24.2 Å². The van der Waals surface area contributed by atoms with Gasteiger partial charge in [0.25, 0.3) is 0 Å². The SMILES string of the molecule is CCN(CCBr)C(=O)CCc1ccco1. The van der Waals surface area contributed by atoms with E-state index in [1.165, 1.54) is 0 Å². The lowest BCUT2D eigenvalue weighted by atomic mass is 10.2. The van der Waals surface area contributed by atoms with Crippen LogP contribution in [0.5, 0.6) is 0 Å². The first-order chi connectivity index (χ1) is 7.27. The highest BCUT2D eigenvalue weighted by Crippen LogP contribution is 2.05. The molecule has 1 aromatic rings. The van der Waals surface area contributed by atoms with Crippen LogP contribution in [-0.2, 0) is 11.2 Å². The molecule has 0 fully saturated rings. The van der Waals surface area contributed by atoms with E-state index >= 15 is 0 Å². The van der Waals surface area contributed by atoms with Gasteiger partial charge in [0.2, 0.25) is 5.91 Å². The predicted octanol–water partition coefficient (Wildman–Crippen LogP) is 2.46. The standard InChI is InChI=1S/C11H16BrNO2/c1-2-13(8-7-12)11(14)6-5-10-4-3-9-15-10/h3-4,9H,2,5-8H2,1H3. The molecule has 0 aliphatic carbocycles. The number of aryl methyl sites for hydroxylation is 1. The largest absolute Gasteiger partial charge is 0.469 e. The van der Waals surface area contributed by atoms with Gasteiger partial charge in [-0.05, 0) is 19.1 Å². The van der Waals surface area contributed by atoms with Gasteiger partial charge >= 0.3 is 0 Å². The van der Waals surface area contributed by atoms with Crippen molar-refractivity contribution < 1.29 is 9.21 Å². The monoisotopic (exact) mass is 273 g/mol. The van der Waals surface area contributed by atoms with Gasteiger partial charge in [-0.25, -0.2) is 0 Å². The zero-order valence-electron chi connectivity index (χ0n) is 8.91. The lowest BCUT2D eigenvalue weighted by Gasteiger charge is -2.19. The molecule has 0 N–H and O–H groups in total. The number of nitrogens with zero attached hydrogens (tertiary/aromatic N) is 1. The molecule has 0 saturated carbocycles. The molecule has 4 heteroatoms. The first-order valence-corrected chi connectivity index (χ1v) is 6.26. The van der Waals surface area contributed by atoms with Crippen LogP contribution in [0.4, 0.5) is 0 Å². The summed E-state index contributed by atoms with van der Waals surface area (Å²) in [7, 11) is 0. The molecule has 0 unspecified atom stereocenters. The Morgan fingerprint density at radius 2 is 2.40 bits per heavy atom. The number of alkyl halides is 1. The Kier molecular flexibility index (Phi) is 5.47. The van der Waals surface area contributed by atoms with Gasteiger partial charge in [0.15, 0.2) is 0 Å². The van der Waals surface area contributed by atoms with Gasteiger partial charge in [0.1, 0.15) is 5.76 Å². The van der Waals surface area contributed by atoms with Crippen LogP contribution in [0.25, 0.3) is 0 Å². The zero-order valence-corrected chi connectivity index (χ0v) is 10.5. The van der Waals surface area contributed by atoms with Crippen LogP contribution >= 0.6 is 15.9 Å². The summed E-state index contributed by atoms with van der Waals surface area (Å²) in [5, 5.41) is 0.827. The van der Waals surface area contributed by atoms with Gasteiger partial charge < -0.3 is 9.32 Å². The van der Waals surface area contributed by atoms with E-state index in [4.69, 9.17) is 4.42 Å². The maximum Gasteiger partial charge on any atom is 0.223 e. The Labute approximate surface area is 98.6 Å². The Hall–Kier alpha value is -0.770. The van der Waals surface area contributed by atoms with Gasteiger partial charge in [0, 0.05) is 31.3 Å². The molecule has 0 aliphatic heterocycles. The van der Waals surface area contributed by atoms with Crippen molar-refractivity contribution in [3.8, 4) is 0 Å². The number of amides is 1. The number of halogens is 1. The molecule has 1 amide bonds. The highest BCUT2D eigenvalue weighted by molar-refractivity contribution is 9.09. The van der Waals surface area contributed by atoms with Crippen molar-refractivity contribution in [1.29, 1.82) is 0 Å². The molecular weight excluding hydrogens is 258 g/mol. The third-order valence-electron chi connectivity index (χ3n) is 2.25. The van der Waals surface area contributed by atoms with E-state index in [-0.39, 0.29) is 5.91 Å². The molecular formula is C11H16BrNO2. The van der Waals surface area contributed by atoms with E-state index in [2.05, 4.69) is 15.9 Å². The summed E-state index contributed by atoms with van der Waals surface area (Å²) >= 11 is 3.34. The minimum Gasteiger partial charge on any atom is -0.469 e. The number of rotatable bonds is 6. The van der Waals surface area contributed by atoms with Crippen molar-refractivity contribution in [2.24, 2.45) is 0 Å². The van der Waals surface area contributed by atoms with E-state index in [1.807, 2.05) is 24.0 Å². The van der Waals surface area contributed by atoms with Gasteiger partial charge in [0.05, 0.1) is 6.26 Å². The molecule has 0 bridgehead atoms. The van der Waals surface area contributed by atoms with Crippen molar-refractivity contribution >= 4 is 21.8 Å². The van der Waals surface area contributed by atoms with Gasteiger partial charge in [-0.2, -0.15) is 0 Å². The van der Waals surface area contributed by atoms with E-state index < -0.39 is 0 Å². The Bertz CT molecular complexity index is 285. The zero-order chi connectivity index (χ0) is 11.1. The second-order valence-electron chi connectivity index (χ2n) is 3.24. The summed E-state index contributed by atoms with van der Waals surface area (Å²) in [5.74, 6) is 1.06. The van der Waals surface area contributed by atoms with Crippen molar-refractivity contribution in [2.75, 3.05) is 18.4 Å². The predicted molar refractivity (Wildman–Crippen MR) is 63.1 cm³/mol. The first-order valence-electron chi connectivity index (χ1n) is 5.14. The lowest BCUT2D eigenvalue weighted by Crippen LogP contribution is -2.32. The lowest BCUT2D eigenvalue weighted by molar-refractivity contribution is -0.130. The Balaban J connectivity index is 2.34. The number of carbonyl (C=O) groups excluding carboxylic acids is 1. The summed E-state index contributed by atoms with van der Waals surface area (Å²) in [6.07, 6.45) is 2.84. The van der Waals surface area contributed by atoms with Gasteiger partial charge in [-0.1, -0.05) is 15.9 Å². The molecule has 1 rings (SSSR count). The fourth-order valence-electron chi connectivity index (χ4n) is 1.40. The third kappa shape index (κ3) is 4.08. The first kappa shape index (κ1) is 12.3. The summed E-state index contributed by atoms with van der Waals surface area (Å²) < 4.78 is 5.18. The van der Waals surface area contributed by atoms with E-state index in [1.54, 1.807) is 6.26 Å². The molecule has 1 aromatic heterocycles. The summed E-state index contributed by atoms with van der Waals surface area (Å²) in [4.78, 5) is 13.6. The summed E-state index contributed by atoms with van der Waals surface area (Å²) in [6, 6.07) is 3.74.